The van der Waals surface area contributed by atoms with E-state index in [-0.39, 0.29) is 0 Å². The van der Waals surface area contributed by atoms with Crippen LogP contribution in [0.2, 0.25) is 0 Å². The Bertz CT molecular complexity index is 1080. The molecule has 120 valence electrons. The van der Waals surface area contributed by atoms with E-state index in [9.17, 15) is 0 Å². The Kier molecular flexibility index (Phi) is 4.42. The van der Waals surface area contributed by atoms with Crippen molar-refractivity contribution in [3.8, 4) is 23.7 Å². The number of fused-ring (bicyclic) bond motifs is 1. The summed E-state index contributed by atoms with van der Waals surface area (Å²) >= 11 is 0. The molecule has 0 N–H and O–H groups in total. The first-order valence-electron chi connectivity index (χ1n) is 8.26. The van der Waals surface area contributed by atoms with Crippen LogP contribution in [0, 0.1) is 23.7 Å². The van der Waals surface area contributed by atoms with Crippen molar-refractivity contribution < 1.29 is 0 Å². The lowest BCUT2D eigenvalue weighted by molar-refractivity contribution is 1.32. The summed E-state index contributed by atoms with van der Waals surface area (Å²) in [5.41, 5.74) is 3.88. The van der Waals surface area contributed by atoms with Crippen molar-refractivity contribution in [1.82, 2.24) is 9.97 Å². The van der Waals surface area contributed by atoms with Crippen LogP contribution in [0.5, 0.6) is 0 Å². The van der Waals surface area contributed by atoms with Gasteiger partial charge in [0.15, 0.2) is 0 Å². The Morgan fingerprint density at radius 2 is 0.885 bits per heavy atom. The summed E-state index contributed by atoms with van der Waals surface area (Å²) in [5.74, 6) is 12.9. The number of hydrogen-bond donors (Lipinski definition) is 0. The van der Waals surface area contributed by atoms with Crippen molar-refractivity contribution in [2.75, 3.05) is 0 Å². The number of nitrogens with zero attached hydrogens (tertiary/aromatic N) is 2. The molecule has 0 atom stereocenters. The van der Waals surface area contributed by atoms with Crippen LogP contribution in [-0.2, 0) is 0 Å². The number of hydrogen-bond acceptors (Lipinski definition) is 2. The molecule has 0 saturated carbocycles. The zero-order chi connectivity index (χ0) is 17.6. The number of pyridine rings is 2. The lowest BCUT2D eigenvalue weighted by Crippen LogP contribution is -1.85. The Morgan fingerprint density at radius 1 is 0.462 bits per heavy atom. The van der Waals surface area contributed by atoms with E-state index in [1.165, 1.54) is 0 Å². The normalized spacial score (nSPS) is 9.69. The highest BCUT2D eigenvalue weighted by molar-refractivity contribution is 5.93. The number of rotatable bonds is 0. The lowest BCUT2D eigenvalue weighted by Gasteiger charge is -2.03. The highest BCUT2D eigenvalue weighted by atomic mass is 14.6. The van der Waals surface area contributed by atoms with E-state index in [0.29, 0.717) is 0 Å². The molecule has 0 saturated heterocycles. The molecule has 0 aliphatic rings. The summed E-state index contributed by atoms with van der Waals surface area (Å²) in [6.07, 6.45) is 7.00. The zero-order valence-corrected chi connectivity index (χ0v) is 14.0. The molecule has 4 aromatic rings. The SMILES string of the molecule is C(#Cc1ccc(C#Cc2ccncc2)c2ccccc12)c1ccncc1. The highest BCUT2D eigenvalue weighted by Crippen LogP contribution is 2.22. The second-order valence-electron chi connectivity index (χ2n) is 5.68. The first-order valence-corrected chi connectivity index (χ1v) is 8.26. The van der Waals surface area contributed by atoms with Gasteiger partial charge in [-0.2, -0.15) is 0 Å². The molecule has 2 heteroatoms. The van der Waals surface area contributed by atoms with Crippen LogP contribution in [0.3, 0.4) is 0 Å². The topological polar surface area (TPSA) is 25.8 Å². The van der Waals surface area contributed by atoms with Crippen molar-refractivity contribution >= 4 is 10.8 Å². The van der Waals surface area contributed by atoms with Gasteiger partial charge in [0, 0.05) is 47.0 Å². The predicted octanol–water partition coefficient (Wildman–Crippen LogP) is 4.43. The maximum Gasteiger partial charge on any atom is 0.0328 e. The molecular weight excluding hydrogens is 316 g/mol. The second kappa shape index (κ2) is 7.34. The Balaban J connectivity index is 1.77. The maximum atomic E-state index is 4.02. The van der Waals surface area contributed by atoms with Crippen molar-refractivity contribution in [3.05, 3.63) is 108 Å². The summed E-state index contributed by atoms with van der Waals surface area (Å²) in [6, 6.07) is 19.9. The molecule has 2 heterocycles. The van der Waals surface area contributed by atoms with E-state index in [1.54, 1.807) is 24.8 Å². The van der Waals surface area contributed by atoms with Crippen LogP contribution in [-0.4, -0.2) is 9.97 Å². The molecule has 2 nitrogen and oxygen atoms in total. The molecule has 0 aliphatic carbocycles. The van der Waals surface area contributed by atoms with Crippen molar-refractivity contribution in [1.29, 1.82) is 0 Å². The highest BCUT2D eigenvalue weighted by Gasteiger charge is 2.02. The summed E-state index contributed by atoms with van der Waals surface area (Å²) in [4.78, 5) is 8.04. The van der Waals surface area contributed by atoms with Crippen LogP contribution in [0.15, 0.2) is 85.5 Å². The third-order valence-electron chi connectivity index (χ3n) is 3.97. The first-order chi connectivity index (χ1) is 12.9. The molecule has 0 radical (unpaired) electrons. The van der Waals surface area contributed by atoms with Crippen LogP contribution in [0.25, 0.3) is 10.8 Å². The minimum absolute atomic E-state index is 0.950. The van der Waals surface area contributed by atoms with Gasteiger partial charge < -0.3 is 0 Å². The molecule has 0 bridgehead atoms. The average molecular weight is 330 g/mol. The van der Waals surface area contributed by atoms with Gasteiger partial charge in [0.1, 0.15) is 0 Å². The maximum absolute atomic E-state index is 4.02. The third-order valence-corrected chi connectivity index (χ3v) is 3.97. The van der Waals surface area contributed by atoms with E-state index in [0.717, 1.165) is 33.0 Å². The molecule has 2 aromatic heterocycles. The van der Waals surface area contributed by atoms with E-state index >= 15 is 0 Å². The van der Waals surface area contributed by atoms with Gasteiger partial charge in [0.2, 0.25) is 0 Å². The molecule has 0 aliphatic heterocycles. The van der Waals surface area contributed by atoms with E-state index in [2.05, 4.69) is 45.8 Å². The molecule has 4 rings (SSSR count). The van der Waals surface area contributed by atoms with Gasteiger partial charge in [-0.25, -0.2) is 0 Å². The van der Waals surface area contributed by atoms with Gasteiger partial charge in [0.25, 0.3) is 0 Å². The van der Waals surface area contributed by atoms with Crippen molar-refractivity contribution in [3.63, 3.8) is 0 Å². The summed E-state index contributed by atoms with van der Waals surface area (Å²) in [7, 11) is 0. The van der Waals surface area contributed by atoms with Crippen LogP contribution in [0.1, 0.15) is 22.3 Å². The van der Waals surface area contributed by atoms with Gasteiger partial charge >= 0.3 is 0 Å². The zero-order valence-electron chi connectivity index (χ0n) is 14.0. The predicted molar refractivity (Wildman–Crippen MR) is 104 cm³/mol. The van der Waals surface area contributed by atoms with E-state index < -0.39 is 0 Å². The number of benzene rings is 2. The monoisotopic (exact) mass is 330 g/mol. The summed E-state index contributed by atoms with van der Waals surface area (Å²) < 4.78 is 0. The molecule has 0 amide bonds. The molecular formula is C24H14N2. The fourth-order valence-electron chi connectivity index (χ4n) is 2.67. The Labute approximate surface area is 152 Å². The fraction of sp³-hybridized carbons (Fsp3) is 0. The summed E-state index contributed by atoms with van der Waals surface area (Å²) in [5, 5.41) is 2.21. The Hall–Kier alpha value is -3.88. The third kappa shape index (κ3) is 3.46. The molecule has 26 heavy (non-hydrogen) atoms. The molecule has 2 aromatic carbocycles. The van der Waals surface area contributed by atoms with Crippen molar-refractivity contribution in [2.45, 2.75) is 0 Å². The van der Waals surface area contributed by atoms with Crippen LogP contribution < -0.4 is 0 Å². The number of aromatic nitrogens is 2. The van der Waals surface area contributed by atoms with Gasteiger partial charge in [0.05, 0.1) is 0 Å². The minimum atomic E-state index is 0.950. The van der Waals surface area contributed by atoms with Gasteiger partial charge in [-0.15, -0.1) is 0 Å². The van der Waals surface area contributed by atoms with E-state index in [4.69, 9.17) is 0 Å². The second-order valence-corrected chi connectivity index (χ2v) is 5.68. The van der Waals surface area contributed by atoms with E-state index in [1.807, 2.05) is 48.5 Å². The fourth-order valence-corrected chi connectivity index (χ4v) is 2.67. The largest absolute Gasteiger partial charge is 0.265 e. The lowest BCUT2D eigenvalue weighted by atomic mass is 9.99. The first kappa shape index (κ1) is 15.6. The quantitative estimate of drug-likeness (QED) is 0.446. The van der Waals surface area contributed by atoms with Crippen LogP contribution in [0.4, 0.5) is 0 Å². The van der Waals surface area contributed by atoms with Crippen molar-refractivity contribution in [2.24, 2.45) is 0 Å². The smallest absolute Gasteiger partial charge is 0.0328 e. The minimum Gasteiger partial charge on any atom is -0.265 e. The molecule has 0 unspecified atom stereocenters. The average Bonchev–Trinajstić information content (AvgIpc) is 2.72. The standard InChI is InChI=1S/C24H14N2/c1-2-4-24-22(8-6-20-13-17-26-18-14-20)10-9-21(23(24)3-1)7-5-19-11-15-25-16-12-19/h1-4,9-18H. The van der Waals surface area contributed by atoms with Crippen LogP contribution >= 0.6 is 0 Å². The molecule has 0 fully saturated rings. The molecule has 0 spiro atoms. The van der Waals surface area contributed by atoms with Gasteiger partial charge in [-0.1, -0.05) is 47.9 Å². The summed E-state index contributed by atoms with van der Waals surface area (Å²) in [6.45, 7) is 0. The van der Waals surface area contributed by atoms with Gasteiger partial charge in [-0.05, 0) is 47.2 Å². The Morgan fingerprint density at radius 3 is 1.31 bits per heavy atom. The van der Waals surface area contributed by atoms with Gasteiger partial charge in [-0.3, -0.25) is 9.97 Å².